The Morgan fingerprint density at radius 2 is 2.47 bits per heavy atom. The fourth-order valence-corrected chi connectivity index (χ4v) is 2.14. The number of likely N-dealkylation sites (N-methyl/N-ethyl adjacent to an activating group) is 1. The molecule has 94 valence electrons. The Balaban J connectivity index is 2.02. The average molecular weight is 237 g/mol. The normalized spacial score (nSPS) is 20.7. The van der Waals surface area contributed by atoms with E-state index >= 15 is 0 Å². The van der Waals surface area contributed by atoms with Crippen LogP contribution in [0.4, 0.5) is 5.69 Å². The molecule has 0 radical (unpaired) electrons. The molecule has 1 aliphatic rings. The maximum Gasteiger partial charge on any atom is 0.274 e. The Morgan fingerprint density at radius 3 is 3.00 bits per heavy atom. The summed E-state index contributed by atoms with van der Waals surface area (Å²) in [6.45, 7) is 3.87. The summed E-state index contributed by atoms with van der Waals surface area (Å²) in [4.78, 5) is 14.2. The number of carbonyl (C=O) groups excluding carboxylic acids is 1. The van der Waals surface area contributed by atoms with Gasteiger partial charge < -0.3 is 16.0 Å². The van der Waals surface area contributed by atoms with Gasteiger partial charge in [-0.05, 0) is 26.4 Å². The third-order valence-electron chi connectivity index (χ3n) is 3.18. The summed E-state index contributed by atoms with van der Waals surface area (Å²) >= 11 is 0. The molecule has 1 aliphatic heterocycles. The number of aromatic nitrogens is 2. The van der Waals surface area contributed by atoms with E-state index in [1.54, 1.807) is 0 Å². The maximum atomic E-state index is 12.0. The molecule has 6 heteroatoms. The van der Waals surface area contributed by atoms with E-state index in [4.69, 9.17) is 5.73 Å². The minimum Gasteiger partial charge on any atom is -0.395 e. The molecule has 0 aliphatic carbocycles. The largest absolute Gasteiger partial charge is 0.395 e. The second-order valence-electron chi connectivity index (χ2n) is 4.54. The van der Waals surface area contributed by atoms with Crippen molar-refractivity contribution in [3.05, 3.63) is 11.4 Å². The van der Waals surface area contributed by atoms with E-state index in [1.165, 1.54) is 0 Å². The molecule has 0 aromatic carbocycles. The predicted octanol–water partition coefficient (Wildman–Crippen LogP) is -0.0118. The van der Waals surface area contributed by atoms with E-state index in [0.717, 1.165) is 31.6 Å². The first-order valence-electron chi connectivity index (χ1n) is 5.94. The van der Waals surface area contributed by atoms with E-state index in [2.05, 4.69) is 20.4 Å². The van der Waals surface area contributed by atoms with Gasteiger partial charge in [0.25, 0.3) is 5.91 Å². The molecule has 1 atom stereocenters. The molecular weight excluding hydrogens is 218 g/mol. The van der Waals surface area contributed by atoms with E-state index in [0.29, 0.717) is 11.4 Å². The number of nitrogens with one attached hydrogen (secondary N) is 2. The highest BCUT2D eigenvalue weighted by molar-refractivity contribution is 5.97. The van der Waals surface area contributed by atoms with Gasteiger partial charge in [0, 0.05) is 12.6 Å². The fourth-order valence-electron chi connectivity index (χ4n) is 2.14. The number of aryl methyl sites for hydroxylation is 1. The Bertz CT molecular complexity index is 414. The Hall–Kier alpha value is -1.56. The lowest BCUT2D eigenvalue weighted by Crippen LogP contribution is -2.37. The van der Waals surface area contributed by atoms with Crippen LogP contribution in [0.15, 0.2) is 0 Å². The summed E-state index contributed by atoms with van der Waals surface area (Å²) in [7, 11) is 2.05. The van der Waals surface area contributed by atoms with Gasteiger partial charge in [0.2, 0.25) is 0 Å². The molecule has 0 spiro atoms. The molecule has 0 bridgehead atoms. The molecule has 1 unspecified atom stereocenters. The summed E-state index contributed by atoms with van der Waals surface area (Å²) in [6.07, 6.45) is 1.73. The molecular formula is C11H19N5O. The molecule has 0 saturated carbocycles. The Morgan fingerprint density at radius 1 is 1.71 bits per heavy atom. The first-order valence-corrected chi connectivity index (χ1v) is 5.94. The Labute approximate surface area is 101 Å². The minimum absolute atomic E-state index is 0.182. The fraction of sp³-hybridized carbons (Fsp3) is 0.636. The summed E-state index contributed by atoms with van der Waals surface area (Å²) in [5, 5.41) is 9.72. The number of H-pyrrole nitrogens is 1. The van der Waals surface area contributed by atoms with Crippen molar-refractivity contribution in [1.29, 1.82) is 0 Å². The molecule has 17 heavy (non-hydrogen) atoms. The van der Waals surface area contributed by atoms with Gasteiger partial charge in [0.05, 0.1) is 11.4 Å². The summed E-state index contributed by atoms with van der Waals surface area (Å²) in [5.41, 5.74) is 7.45. The van der Waals surface area contributed by atoms with Crippen molar-refractivity contribution in [2.45, 2.75) is 25.8 Å². The minimum atomic E-state index is -0.182. The van der Waals surface area contributed by atoms with Crippen molar-refractivity contribution in [1.82, 2.24) is 20.4 Å². The average Bonchev–Trinajstić information content (AvgIpc) is 2.85. The molecule has 6 nitrogen and oxygen atoms in total. The van der Waals surface area contributed by atoms with Gasteiger partial charge in [-0.1, -0.05) is 6.92 Å². The van der Waals surface area contributed by atoms with Gasteiger partial charge in [-0.15, -0.1) is 0 Å². The smallest absolute Gasteiger partial charge is 0.274 e. The molecule has 2 heterocycles. The van der Waals surface area contributed by atoms with E-state index in [9.17, 15) is 4.79 Å². The molecule has 1 saturated heterocycles. The highest BCUT2D eigenvalue weighted by Crippen LogP contribution is 2.15. The standard InChI is InChI=1S/C11H19N5O/c1-3-8-9(12)10(15-14-8)11(17)13-7-4-5-16(2)6-7/h7H,3-6,12H2,1-2H3,(H,13,17)(H,14,15). The number of nitrogens with zero attached hydrogens (tertiary/aromatic N) is 2. The van der Waals surface area contributed by atoms with Crippen LogP contribution in [0.1, 0.15) is 29.5 Å². The van der Waals surface area contributed by atoms with Crippen LogP contribution in [-0.4, -0.2) is 47.2 Å². The van der Waals surface area contributed by atoms with Crippen LogP contribution < -0.4 is 11.1 Å². The van der Waals surface area contributed by atoms with Crippen molar-refractivity contribution >= 4 is 11.6 Å². The van der Waals surface area contributed by atoms with Crippen molar-refractivity contribution in [3.8, 4) is 0 Å². The number of anilines is 1. The second-order valence-corrected chi connectivity index (χ2v) is 4.54. The number of carbonyl (C=O) groups is 1. The molecule has 1 amide bonds. The van der Waals surface area contributed by atoms with Gasteiger partial charge in [0.1, 0.15) is 0 Å². The molecule has 1 aromatic rings. The first kappa shape index (κ1) is 11.9. The van der Waals surface area contributed by atoms with Crippen LogP contribution in [0.2, 0.25) is 0 Å². The maximum absolute atomic E-state index is 12.0. The lowest BCUT2D eigenvalue weighted by molar-refractivity contribution is 0.0934. The predicted molar refractivity (Wildman–Crippen MR) is 65.7 cm³/mol. The number of nitrogens with two attached hydrogens (primary N) is 1. The van der Waals surface area contributed by atoms with Gasteiger partial charge in [-0.25, -0.2) is 0 Å². The van der Waals surface area contributed by atoms with Crippen molar-refractivity contribution < 1.29 is 4.79 Å². The van der Waals surface area contributed by atoms with Crippen LogP contribution >= 0.6 is 0 Å². The number of likely N-dealkylation sites (tertiary alicyclic amines) is 1. The number of hydrogen-bond donors (Lipinski definition) is 3. The lowest BCUT2D eigenvalue weighted by Gasteiger charge is -2.11. The monoisotopic (exact) mass is 237 g/mol. The van der Waals surface area contributed by atoms with Gasteiger partial charge in [0.15, 0.2) is 5.69 Å². The van der Waals surface area contributed by atoms with Crippen LogP contribution in [0.3, 0.4) is 0 Å². The third kappa shape index (κ3) is 2.41. The van der Waals surface area contributed by atoms with Crippen LogP contribution in [-0.2, 0) is 6.42 Å². The van der Waals surface area contributed by atoms with Gasteiger partial charge in [-0.3, -0.25) is 9.89 Å². The quantitative estimate of drug-likeness (QED) is 0.690. The summed E-state index contributed by atoms with van der Waals surface area (Å²) in [5.74, 6) is -0.182. The molecule has 4 N–H and O–H groups in total. The van der Waals surface area contributed by atoms with E-state index in [-0.39, 0.29) is 11.9 Å². The molecule has 1 fully saturated rings. The Kier molecular flexibility index (Phi) is 3.33. The zero-order chi connectivity index (χ0) is 12.4. The zero-order valence-corrected chi connectivity index (χ0v) is 10.3. The lowest BCUT2D eigenvalue weighted by atomic mass is 10.2. The van der Waals surface area contributed by atoms with E-state index in [1.807, 2.05) is 14.0 Å². The van der Waals surface area contributed by atoms with Gasteiger partial charge in [-0.2, -0.15) is 5.10 Å². The number of amides is 1. The molecule has 1 aromatic heterocycles. The number of aromatic amines is 1. The van der Waals surface area contributed by atoms with E-state index < -0.39 is 0 Å². The summed E-state index contributed by atoms with van der Waals surface area (Å²) < 4.78 is 0. The molecule has 2 rings (SSSR count). The van der Waals surface area contributed by atoms with Crippen molar-refractivity contribution in [3.63, 3.8) is 0 Å². The SMILES string of the molecule is CCc1[nH]nc(C(=O)NC2CCN(C)C2)c1N. The van der Waals surface area contributed by atoms with Crippen LogP contribution in [0, 0.1) is 0 Å². The second kappa shape index (κ2) is 4.75. The van der Waals surface area contributed by atoms with Crippen LogP contribution in [0.5, 0.6) is 0 Å². The van der Waals surface area contributed by atoms with Crippen molar-refractivity contribution in [2.75, 3.05) is 25.9 Å². The van der Waals surface area contributed by atoms with Crippen molar-refractivity contribution in [2.24, 2.45) is 0 Å². The topological polar surface area (TPSA) is 87.0 Å². The summed E-state index contributed by atoms with van der Waals surface area (Å²) in [6, 6.07) is 0.202. The number of nitrogen functional groups attached to an aromatic ring is 1. The van der Waals surface area contributed by atoms with Gasteiger partial charge >= 0.3 is 0 Å². The number of hydrogen-bond acceptors (Lipinski definition) is 4. The first-order chi connectivity index (χ1) is 8.11. The third-order valence-corrected chi connectivity index (χ3v) is 3.18. The van der Waals surface area contributed by atoms with Crippen LogP contribution in [0.25, 0.3) is 0 Å². The highest BCUT2D eigenvalue weighted by Gasteiger charge is 2.24. The zero-order valence-electron chi connectivity index (χ0n) is 10.3. The number of rotatable bonds is 3. The highest BCUT2D eigenvalue weighted by atomic mass is 16.2.